The van der Waals surface area contributed by atoms with Gasteiger partial charge in [0.15, 0.2) is 6.61 Å². The standard InChI is InChI=1S/C16H17Cl2NO3/c1-15(9-16(15,17)18)14(21)22-8-13(20)19-12-6-5-10-3-2-4-11(10)7-12/h5-7H,2-4,8-9H2,1H3,(H,19,20)/t15-/m0/s1. The molecule has 0 aromatic heterocycles. The summed E-state index contributed by atoms with van der Waals surface area (Å²) < 4.78 is 3.93. The van der Waals surface area contributed by atoms with Crippen LogP contribution in [0.1, 0.15) is 30.9 Å². The third-order valence-corrected chi connectivity index (χ3v) is 5.53. The number of amides is 1. The maximum absolute atomic E-state index is 11.9. The summed E-state index contributed by atoms with van der Waals surface area (Å²) in [6, 6.07) is 5.88. The minimum atomic E-state index is -1.08. The first kappa shape index (κ1) is 15.6. The molecule has 1 fully saturated rings. The van der Waals surface area contributed by atoms with Crippen LogP contribution in [0.25, 0.3) is 0 Å². The molecule has 1 atom stereocenters. The van der Waals surface area contributed by atoms with Gasteiger partial charge in [-0.3, -0.25) is 9.59 Å². The summed E-state index contributed by atoms with van der Waals surface area (Å²) in [6.45, 7) is 1.29. The van der Waals surface area contributed by atoms with Crippen molar-refractivity contribution in [3.63, 3.8) is 0 Å². The molecule has 0 heterocycles. The first-order valence-corrected chi connectivity index (χ1v) is 8.04. The average Bonchev–Trinajstić information content (AvgIpc) is 2.82. The van der Waals surface area contributed by atoms with Crippen molar-refractivity contribution in [1.82, 2.24) is 0 Å². The van der Waals surface area contributed by atoms with E-state index in [2.05, 4.69) is 5.32 Å². The van der Waals surface area contributed by atoms with E-state index in [9.17, 15) is 9.59 Å². The van der Waals surface area contributed by atoms with E-state index in [4.69, 9.17) is 27.9 Å². The van der Waals surface area contributed by atoms with Crippen molar-refractivity contribution in [3.8, 4) is 0 Å². The minimum Gasteiger partial charge on any atom is -0.455 e. The molecule has 6 heteroatoms. The fraction of sp³-hybridized carbons (Fsp3) is 0.500. The molecule has 0 saturated heterocycles. The van der Waals surface area contributed by atoms with Crippen LogP contribution in [-0.4, -0.2) is 22.8 Å². The molecule has 118 valence electrons. The number of carbonyl (C=O) groups is 2. The molecule has 0 unspecified atom stereocenters. The van der Waals surface area contributed by atoms with Gasteiger partial charge in [0.25, 0.3) is 5.91 Å². The molecule has 4 nitrogen and oxygen atoms in total. The minimum absolute atomic E-state index is 0.338. The molecule has 1 amide bonds. The number of benzene rings is 1. The zero-order chi connectivity index (χ0) is 16.0. The third kappa shape index (κ3) is 2.82. The normalized spacial score (nSPS) is 24.5. The second kappa shape index (κ2) is 5.43. The van der Waals surface area contributed by atoms with E-state index in [1.165, 1.54) is 11.1 Å². The summed E-state index contributed by atoms with van der Waals surface area (Å²) in [5.74, 6) is -0.910. The van der Waals surface area contributed by atoms with Crippen LogP contribution in [0.2, 0.25) is 0 Å². The average molecular weight is 342 g/mol. The van der Waals surface area contributed by atoms with Gasteiger partial charge in [0, 0.05) is 12.1 Å². The van der Waals surface area contributed by atoms with E-state index < -0.39 is 15.7 Å². The van der Waals surface area contributed by atoms with E-state index in [1.807, 2.05) is 18.2 Å². The van der Waals surface area contributed by atoms with Crippen LogP contribution in [0.3, 0.4) is 0 Å². The number of aryl methyl sites for hydroxylation is 2. The van der Waals surface area contributed by atoms with Crippen LogP contribution in [-0.2, 0) is 27.2 Å². The topological polar surface area (TPSA) is 55.4 Å². The van der Waals surface area contributed by atoms with Crippen molar-refractivity contribution >= 4 is 40.8 Å². The largest absolute Gasteiger partial charge is 0.455 e. The fourth-order valence-corrected chi connectivity index (χ4v) is 3.45. The lowest BCUT2D eigenvalue weighted by atomic mass is 10.1. The molecule has 1 aromatic carbocycles. The van der Waals surface area contributed by atoms with E-state index in [0.29, 0.717) is 6.42 Å². The van der Waals surface area contributed by atoms with Crippen molar-refractivity contribution in [2.24, 2.45) is 5.41 Å². The lowest BCUT2D eigenvalue weighted by molar-refractivity contribution is -0.152. The first-order chi connectivity index (χ1) is 10.3. The fourth-order valence-electron chi connectivity index (χ4n) is 2.76. The van der Waals surface area contributed by atoms with Crippen molar-refractivity contribution in [3.05, 3.63) is 29.3 Å². The van der Waals surface area contributed by atoms with Crippen LogP contribution < -0.4 is 5.32 Å². The van der Waals surface area contributed by atoms with E-state index in [0.717, 1.165) is 24.9 Å². The van der Waals surface area contributed by atoms with Gasteiger partial charge in [-0.15, -0.1) is 23.2 Å². The molecule has 2 aliphatic rings. The summed E-state index contributed by atoms with van der Waals surface area (Å²) in [5, 5.41) is 2.74. The maximum atomic E-state index is 11.9. The van der Waals surface area contributed by atoms with Crippen molar-refractivity contribution in [2.75, 3.05) is 11.9 Å². The second-order valence-electron chi connectivity index (χ2n) is 6.17. The number of nitrogens with one attached hydrogen (secondary N) is 1. The summed E-state index contributed by atoms with van der Waals surface area (Å²) >= 11 is 11.8. The summed E-state index contributed by atoms with van der Waals surface area (Å²) in [5.41, 5.74) is 2.42. The third-order valence-electron chi connectivity index (χ3n) is 4.42. The molecule has 0 spiro atoms. The number of esters is 1. The molecule has 0 bridgehead atoms. The Bertz CT molecular complexity index is 644. The molecule has 22 heavy (non-hydrogen) atoms. The Balaban J connectivity index is 1.52. The maximum Gasteiger partial charge on any atom is 0.315 e. The Hall–Kier alpha value is -1.26. The SMILES string of the molecule is C[C@@]1(C(=O)OCC(=O)Nc2ccc3c(c2)CCC3)CC1(Cl)Cl. The smallest absolute Gasteiger partial charge is 0.315 e. The Labute approximate surface area is 139 Å². The molecule has 0 radical (unpaired) electrons. The molecular formula is C16H17Cl2NO3. The molecule has 1 N–H and O–H groups in total. The van der Waals surface area contributed by atoms with Crippen LogP contribution in [0.5, 0.6) is 0 Å². The highest BCUT2D eigenvalue weighted by Crippen LogP contribution is 2.64. The van der Waals surface area contributed by atoms with Gasteiger partial charge in [0.1, 0.15) is 9.75 Å². The van der Waals surface area contributed by atoms with Crippen LogP contribution >= 0.6 is 23.2 Å². The number of alkyl halides is 2. The van der Waals surface area contributed by atoms with Crippen LogP contribution in [0.4, 0.5) is 5.69 Å². The number of carbonyl (C=O) groups excluding carboxylic acids is 2. The Morgan fingerprint density at radius 3 is 2.64 bits per heavy atom. The number of hydrogen-bond acceptors (Lipinski definition) is 3. The molecule has 1 aromatic rings. The summed E-state index contributed by atoms with van der Waals surface area (Å²) in [4.78, 5) is 23.8. The van der Waals surface area contributed by atoms with Gasteiger partial charge in [-0.05, 0) is 49.4 Å². The zero-order valence-corrected chi connectivity index (χ0v) is 13.8. The predicted octanol–water partition coefficient (Wildman–Crippen LogP) is 3.24. The molecule has 1 saturated carbocycles. The first-order valence-electron chi connectivity index (χ1n) is 7.28. The number of fused-ring (bicyclic) bond motifs is 1. The highest BCUT2D eigenvalue weighted by Gasteiger charge is 2.69. The number of hydrogen-bond donors (Lipinski definition) is 1. The monoisotopic (exact) mass is 341 g/mol. The summed E-state index contributed by atoms with van der Waals surface area (Å²) in [6.07, 6.45) is 3.63. The molecule has 3 rings (SSSR count). The van der Waals surface area contributed by atoms with Gasteiger partial charge in [-0.2, -0.15) is 0 Å². The molecular weight excluding hydrogens is 325 g/mol. The molecule has 0 aliphatic heterocycles. The Kier molecular flexibility index (Phi) is 3.86. The van der Waals surface area contributed by atoms with Crippen LogP contribution in [0, 0.1) is 5.41 Å². The van der Waals surface area contributed by atoms with Crippen molar-refractivity contribution < 1.29 is 14.3 Å². The van der Waals surface area contributed by atoms with Crippen molar-refractivity contribution in [2.45, 2.75) is 36.9 Å². The predicted molar refractivity (Wildman–Crippen MR) is 85.2 cm³/mol. The Morgan fingerprint density at radius 1 is 1.27 bits per heavy atom. The van der Waals surface area contributed by atoms with Gasteiger partial charge in [0.05, 0.1) is 0 Å². The highest BCUT2D eigenvalue weighted by atomic mass is 35.5. The second-order valence-corrected chi connectivity index (χ2v) is 7.66. The number of anilines is 1. The van der Waals surface area contributed by atoms with Gasteiger partial charge >= 0.3 is 5.97 Å². The Morgan fingerprint density at radius 2 is 1.95 bits per heavy atom. The van der Waals surface area contributed by atoms with E-state index >= 15 is 0 Å². The number of ether oxygens (including phenoxy) is 1. The number of rotatable bonds is 4. The lowest BCUT2D eigenvalue weighted by Crippen LogP contribution is -2.26. The van der Waals surface area contributed by atoms with E-state index in [1.54, 1.807) is 6.92 Å². The quantitative estimate of drug-likeness (QED) is 0.675. The zero-order valence-electron chi connectivity index (χ0n) is 12.2. The number of halogens is 2. The van der Waals surface area contributed by atoms with Crippen LogP contribution in [0.15, 0.2) is 18.2 Å². The van der Waals surface area contributed by atoms with Gasteiger partial charge in [-0.1, -0.05) is 6.07 Å². The van der Waals surface area contributed by atoms with Crippen molar-refractivity contribution in [1.29, 1.82) is 0 Å². The van der Waals surface area contributed by atoms with Gasteiger partial charge in [-0.25, -0.2) is 0 Å². The van der Waals surface area contributed by atoms with Gasteiger partial charge < -0.3 is 10.1 Å². The highest BCUT2D eigenvalue weighted by molar-refractivity contribution is 6.53. The summed E-state index contributed by atoms with van der Waals surface area (Å²) in [7, 11) is 0. The molecule has 2 aliphatic carbocycles. The van der Waals surface area contributed by atoms with E-state index in [-0.39, 0.29) is 12.5 Å². The lowest BCUT2D eigenvalue weighted by Gasteiger charge is -2.12. The van der Waals surface area contributed by atoms with Gasteiger partial charge in [0.2, 0.25) is 0 Å².